The zero-order chi connectivity index (χ0) is 14.2. The van der Waals surface area contributed by atoms with Crippen molar-refractivity contribution in [1.29, 1.82) is 0 Å². The molecular weight excluding hydrogens is 264 g/mol. The molecule has 2 fully saturated rings. The molecule has 9 heteroatoms. The Balaban J connectivity index is 1.94. The highest BCUT2D eigenvalue weighted by atomic mass is 16.7. The molecule has 0 bridgehead atoms. The van der Waals surface area contributed by atoms with E-state index >= 15 is 0 Å². The Hall–Kier alpha value is -0.360. The first kappa shape index (κ1) is 15.0. The van der Waals surface area contributed by atoms with E-state index < -0.39 is 49.2 Å². The van der Waals surface area contributed by atoms with Crippen LogP contribution in [-0.2, 0) is 14.2 Å². The van der Waals surface area contributed by atoms with Gasteiger partial charge in [0.15, 0.2) is 12.6 Å². The smallest absolute Gasteiger partial charge is 0.186 e. The molecule has 0 aromatic heterocycles. The number of hydrogen-bond acceptors (Lipinski definition) is 9. The highest BCUT2D eigenvalue weighted by Crippen LogP contribution is 2.22. The van der Waals surface area contributed by atoms with Crippen LogP contribution in [0.15, 0.2) is 0 Å². The Morgan fingerprint density at radius 3 is 2.11 bits per heavy atom. The van der Waals surface area contributed by atoms with Gasteiger partial charge in [0.1, 0.15) is 36.6 Å². The van der Waals surface area contributed by atoms with Crippen molar-refractivity contribution >= 4 is 0 Å². The zero-order valence-corrected chi connectivity index (χ0v) is 9.94. The molecule has 2 aliphatic rings. The maximum absolute atomic E-state index is 9.68. The number of ether oxygens (including phenoxy) is 3. The lowest BCUT2D eigenvalue weighted by molar-refractivity contribution is -0.323. The van der Waals surface area contributed by atoms with Gasteiger partial charge in [-0.1, -0.05) is 0 Å². The summed E-state index contributed by atoms with van der Waals surface area (Å²) in [6, 6.07) is 0. The molecule has 0 amide bonds. The van der Waals surface area contributed by atoms with Crippen molar-refractivity contribution < 1.29 is 44.8 Å². The molecule has 2 saturated heterocycles. The Morgan fingerprint density at radius 1 is 0.737 bits per heavy atom. The summed E-state index contributed by atoms with van der Waals surface area (Å²) in [5.41, 5.74) is 0. The lowest BCUT2D eigenvalue weighted by Gasteiger charge is -2.40. The van der Waals surface area contributed by atoms with E-state index in [9.17, 15) is 25.5 Å². The Morgan fingerprint density at radius 2 is 1.42 bits per heavy atom. The first-order valence-electron chi connectivity index (χ1n) is 5.89. The van der Waals surface area contributed by atoms with E-state index in [1.807, 2.05) is 0 Å². The molecule has 2 unspecified atom stereocenters. The van der Waals surface area contributed by atoms with Gasteiger partial charge in [0, 0.05) is 0 Å². The summed E-state index contributed by atoms with van der Waals surface area (Å²) in [5.74, 6) is 0. The van der Waals surface area contributed by atoms with Crippen molar-refractivity contribution in [2.45, 2.75) is 49.2 Å². The summed E-state index contributed by atoms with van der Waals surface area (Å²) >= 11 is 0. The minimum atomic E-state index is -1.55. The molecule has 0 aromatic rings. The van der Waals surface area contributed by atoms with Crippen LogP contribution in [0.25, 0.3) is 0 Å². The molecule has 8 atom stereocenters. The van der Waals surface area contributed by atoms with Crippen LogP contribution in [0.2, 0.25) is 0 Å². The van der Waals surface area contributed by atoms with E-state index in [2.05, 4.69) is 0 Å². The van der Waals surface area contributed by atoms with Crippen molar-refractivity contribution in [2.24, 2.45) is 0 Å². The van der Waals surface area contributed by atoms with E-state index in [0.717, 1.165) is 0 Å². The predicted octanol–water partition coefficient (Wildman–Crippen LogP) is -4.12. The number of hydrogen-bond donors (Lipinski definition) is 6. The minimum absolute atomic E-state index is 0.218. The van der Waals surface area contributed by atoms with Crippen LogP contribution < -0.4 is 0 Å². The molecule has 0 aromatic carbocycles. The Bertz CT molecular complexity index is 273. The molecule has 0 aliphatic carbocycles. The van der Waals surface area contributed by atoms with Crippen LogP contribution >= 0.6 is 0 Å². The van der Waals surface area contributed by atoms with Crippen LogP contribution in [-0.4, -0.2) is 93.1 Å². The van der Waals surface area contributed by atoms with Crippen LogP contribution in [0.3, 0.4) is 0 Å². The molecule has 6 N–H and O–H groups in total. The van der Waals surface area contributed by atoms with Gasteiger partial charge in [0.2, 0.25) is 0 Å². The molecule has 0 saturated carbocycles. The SMILES string of the molecule is OC1OC[C@@H](OC2OC[C@@H](O)[C@H](O)[C@H]2O)[C@H](O)[C@H]1O. The number of aliphatic hydroxyl groups excluding tert-OH is 6. The van der Waals surface area contributed by atoms with E-state index in [-0.39, 0.29) is 13.2 Å². The van der Waals surface area contributed by atoms with Crippen molar-refractivity contribution in [3.8, 4) is 0 Å². The van der Waals surface area contributed by atoms with Gasteiger partial charge in [-0.2, -0.15) is 0 Å². The van der Waals surface area contributed by atoms with Gasteiger partial charge < -0.3 is 44.8 Å². The zero-order valence-electron chi connectivity index (χ0n) is 9.94. The quantitative estimate of drug-likeness (QED) is 0.297. The normalized spacial score (nSPS) is 52.1. The third-order valence-corrected chi connectivity index (χ3v) is 3.22. The van der Waals surface area contributed by atoms with Gasteiger partial charge in [-0.3, -0.25) is 0 Å². The molecule has 9 nitrogen and oxygen atoms in total. The molecular formula is C10H18O9. The lowest BCUT2D eigenvalue weighted by Crippen LogP contribution is -2.59. The van der Waals surface area contributed by atoms with E-state index in [1.165, 1.54) is 0 Å². The first-order chi connectivity index (χ1) is 8.91. The molecule has 2 heterocycles. The van der Waals surface area contributed by atoms with Crippen LogP contribution in [0.4, 0.5) is 0 Å². The van der Waals surface area contributed by atoms with Crippen molar-refractivity contribution in [2.75, 3.05) is 13.2 Å². The molecule has 112 valence electrons. The highest BCUT2D eigenvalue weighted by molar-refractivity contribution is 4.87. The minimum Gasteiger partial charge on any atom is -0.388 e. The van der Waals surface area contributed by atoms with Crippen LogP contribution in [0.5, 0.6) is 0 Å². The monoisotopic (exact) mass is 282 g/mol. The second-order valence-electron chi connectivity index (χ2n) is 4.63. The van der Waals surface area contributed by atoms with E-state index in [4.69, 9.17) is 19.3 Å². The lowest BCUT2D eigenvalue weighted by atomic mass is 10.0. The summed E-state index contributed by atoms with van der Waals surface area (Å²) < 4.78 is 15.0. The summed E-state index contributed by atoms with van der Waals surface area (Å²) in [7, 11) is 0. The standard InChI is InChI=1S/C10H18O9/c11-3-1-18-10(8(15)5(3)12)19-4-2-17-9(16)7(14)6(4)13/h3-16H,1-2H2/t3-,4-,5+,6+,7-,8-,9?,10?/m1/s1. The van der Waals surface area contributed by atoms with Gasteiger partial charge >= 0.3 is 0 Å². The van der Waals surface area contributed by atoms with Crippen LogP contribution in [0, 0.1) is 0 Å². The summed E-state index contributed by atoms with van der Waals surface area (Å²) in [4.78, 5) is 0. The fraction of sp³-hybridized carbons (Fsp3) is 1.00. The van der Waals surface area contributed by atoms with Gasteiger partial charge in [0.05, 0.1) is 13.2 Å². The fourth-order valence-electron chi connectivity index (χ4n) is 1.97. The van der Waals surface area contributed by atoms with Crippen molar-refractivity contribution in [3.05, 3.63) is 0 Å². The Kier molecular flexibility index (Phi) is 4.71. The van der Waals surface area contributed by atoms with Gasteiger partial charge in [-0.25, -0.2) is 0 Å². The second kappa shape index (κ2) is 5.95. The van der Waals surface area contributed by atoms with Gasteiger partial charge in [-0.05, 0) is 0 Å². The van der Waals surface area contributed by atoms with E-state index in [0.29, 0.717) is 0 Å². The van der Waals surface area contributed by atoms with Crippen molar-refractivity contribution in [3.63, 3.8) is 0 Å². The van der Waals surface area contributed by atoms with E-state index in [1.54, 1.807) is 0 Å². The predicted molar refractivity (Wildman–Crippen MR) is 56.6 cm³/mol. The fourth-order valence-corrected chi connectivity index (χ4v) is 1.97. The summed E-state index contributed by atoms with van der Waals surface area (Å²) in [6.07, 6.45) is -11.0. The third-order valence-electron chi connectivity index (χ3n) is 3.22. The van der Waals surface area contributed by atoms with Gasteiger partial charge in [-0.15, -0.1) is 0 Å². The number of rotatable bonds is 2. The average molecular weight is 282 g/mol. The molecule has 2 rings (SSSR count). The van der Waals surface area contributed by atoms with Crippen LogP contribution in [0.1, 0.15) is 0 Å². The summed E-state index contributed by atoms with van der Waals surface area (Å²) in [5, 5.41) is 56.6. The third kappa shape index (κ3) is 3.05. The first-order valence-corrected chi connectivity index (χ1v) is 5.89. The van der Waals surface area contributed by atoms with Crippen molar-refractivity contribution in [1.82, 2.24) is 0 Å². The molecule has 0 radical (unpaired) electrons. The van der Waals surface area contributed by atoms with Gasteiger partial charge in [0.25, 0.3) is 0 Å². The molecule has 19 heavy (non-hydrogen) atoms. The maximum Gasteiger partial charge on any atom is 0.186 e. The Labute approximate surface area is 108 Å². The molecule has 2 aliphatic heterocycles. The highest BCUT2D eigenvalue weighted by Gasteiger charge is 2.44. The second-order valence-corrected chi connectivity index (χ2v) is 4.63. The average Bonchev–Trinajstić information content (AvgIpc) is 2.39. The number of aliphatic hydroxyl groups is 6. The topological polar surface area (TPSA) is 149 Å². The largest absolute Gasteiger partial charge is 0.388 e. The maximum atomic E-state index is 9.68. The molecule has 0 spiro atoms. The summed E-state index contributed by atoms with van der Waals surface area (Å²) in [6.45, 7) is -0.456.